The fraction of sp³-hybridized carbons (Fsp3) is 0.216. The second-order valence-electron chi connectivity index (χ2n) is 12.2. The zero-order valence-corrected chi connectivity index (χ0v) is 25.5. The minimum absolute atomic E-state index is 0.00729. The summed E-state index contributed by atoms with van der Waals surface area (Å²) in [5.41, 5.74) is 7.13. The number of amides is 2. The molecule has 10 nitrogen and oxygen atoms in total. The Morgan fingerprint density at radius 2 is 1.34 bits per heavy atom. The molecule has 8 rings (SSSR count). The quantitative estimate of drug-likeness (QED) is 0.176. The summed E-state index contributed by atoms with van der Waals surface area (Å²) in [4.78, 5) is 34.0. The molecule has 0 atom stereocenters. The molecular formula is C37H31N7O3. The van der Waals surface area contributed by atoms with Gasteiger partial charge >= 0.3 is 0 Å². The van der Waals surface area contributed by atoms with E-state index in [2.05, 4.69) is 27.8 Å². The van der Waals surface area contributed by atoms with E-state index in [1.54, 1.807) is 0 Å². The molecule has 0 radical (unpaired) electrons. The van der Waals surface area contributed by atoms with Crippen molar-refractivity contribution in [3.63, 3.8) is 0 Å². The van der Waals surface area contributed by atoms with Crippen molar-refractivity contribution in [1.29, 1.82) is 5.26 Å². The molecule has 0 spiro atoms. The normalized spacial score (nSPS) is 14.2. The van der Waals surface area contributed by atoms with Crippen molar-refractivity contribution in [2.45, 2.75) is 38.7 Å². The van der Waals surface area contributed by atoms with Gasteiger partial charge in [0.15, 0.2) is 11.6 Å². The van der Waals surface area contributed by atoms with Crippen molar-refractivity contribution >= 4 is 34.7 Å². The van der Waals surface area contributed by atoms with Crippen LogP contribution in [-0.4, -0.2) is 30.6 Å². The fourth-order valence-corrected chi connectivity index (χ4v) is 5.74. The number of nitriles is 1. The van der Waals surface area contributed by atoms with E-state index in [9.17, 15) is 9.59 Å². The van der Waals surface area contributed by atoms with E-state index in [0.29, 0.717) is 36.1 Å². The smallest absolute Gasteiger partial charge is 0.228 e. The summed E-state index contributed by atoms with van der Waals surface area (Å²) in [7, 11) is 0. The number of carbonyl (C=O) groups excluding carboxylic acids is 2. The number of imidazole rings is 2. The summed E-state index contributed by atoms with van der Waals surface area (Å²) in [6, 6.07) is 27.9. The molecule has 2 aromatic carbocycles. The Balaban J connectivity index is 1.03. The molecule has 4 heterocycles. The number of nitrogens with one attached hydrogen (secondary N) is 2. The summed E-state index contributed by atoms with van der Waals surface area (Å²) in [5, 5.41) is 15.0. The molecular weight excluding hydrogens is 590 g/mol. The van der Waals surface area contributed by atoms with Gasteiger partial charge in [-0.25, -0.2) is 9.97 Å². The number of rotatable bonds is 10. The molecule has 0 bridgehead atoms. The van der Waals surface area contributed by atoms with E-state index in [1.807, 2.05) is 94.0 Å². The van der Waals surface area contributed by atoms with E-state index >= 15 is 0 Å². The number of ether oxygens (including phenoxy) is 1. The lowest BCUT2D eigenvalue weighted by atomic mass is 10.1. The van der Waals surface area contributed by atoms with Crippen LogP contribution in [0, 0.1) is 23.2 Å². The summed E-state index contributed by atoms with van der Waals surface area (Å²) < 4.78 is 10.2. The maximum atomic E-state index is 12.4. The van der Waals surface area contributed by atoms with Crippen LogP contribution in [0.2, 0.25) is 0 Å². The molecule has 2 fully saturated rings. The standard InChI is InChI=1S/C37H31N7O3/c38-17-16-23-4-6-26(7-5-23)31-18-24(19-35-40-33(21-44(31)35)42-37(46)28-10-11-28)22-47-29-14-12-25(13-15-29)30-2-1-3-34-39-32(20-43(30)34)41-36(45)27-8-9-27/h1-7,12-15,18-21,27-28H,8-11,16,22H2,(H,41,45)(H,42,46). The third-order valence-electron chi connectivity index (χ3n) is 8.61. The Hall–Kier alpha value is -5.95. The fourth-order valence-electron chi connectivity index (χ4n) is 5.74. The van der Waals surface area contributed by atoms with Crippen molar-refractivity contribution in [2.75, 3.05) is 10.6 Å². The molecule has 2 saturated carbocycles. The third kappa shape index (κ3) is 6.03. The van der Waals surface area contributed by atoms with Crippen LogP contribution in [0.3, 0.4) is 0 Å². The van der Waals surface area contributed by atoms with E-state index in [0.717, 1.165) is 65.0 Å². The van der Waals surface area contributed by atoms with Crippen LogP contribution in [-0.2, 0) is 22.6 Å². The van der Waals surface area contributed by atoms with Crippen LogP contribution in [0.15, 0.2) is 91.3 Å². The first-order chi connectivity index (χ1) is 23.0. The summed E-state index contributed by atoms with van der Waals surface area (Å²) in [6.07, 6.45) is 7.78. The number of benzene rings is 2. The predicted octanol–water partition coefficient (Wildman–Crippen LogP) is 6.66. The van der Waals surface area contributed by atoms with Gasteiger partial charge in [0.2, 0.25) is 11.8 Å². The largest absolute Gasteiger partial charge is 0.489 e. The van der Waals surface area contributed by atoms with Gasteiger partial charge in [0.1, 0.15) is 23.7 Å². The third-order valence-corrected chi connectivity index (χ3v) is 8.61. The van der Waals surface area contributed by atoms with Gasteiger partial charge in [-0.3, -0.25) is 18.4 Å². The zero-order chi connectivity index (χ0) is 31.9. The summed E-state index contributed by atoms with van der Waals surface area (Å²) >= 11 is 0. The number of aromatic nitrogens is 4. The summed E-state index contributed by atoms with van der Waals surface area (Å²) in [6.45, 7) is 0.313. The molecule has 6 aromatic rings. The number of fused-ring (bicyclic) bond motifs is 2. The van der Waals surface area contributed by atoms with Gasteiger partial charge in [0.25, 0.3) is 0 Å². The van der Waals surface area contributed by atoms with Crippen LogP contribution in [0.25, 0.3) is 33.8 Å². The predicted molar refractivity (Wildman–Crippen MR) is 178 cm³/mol. The highest BCUT2D eigenvalue weighted by molar-refractivity contribution is 5.94. The van der Waals surface area contributed by atoms with Crippen molar-refractivity contribution < 1.29 is 14.3 Å². The lowest BCUT2D eigenvalue weighted by molar-refractivity contribution is -0.118. The Morgan fingerprint density at radius 1 is 0.745 bits per heavy atom. The van der Waals surface area contributed by atoms with Crippen molar-refractivity contribution in [3.8, 4) is 34.3 Å². The van der Waals surface area contributed by atoms with Gasteiger partial charge in [-0.2, -0.15) is 5.26 Å². The van der Waals surface area contributed by atoms with Crippen molar-refractivity contribution in [3.05, 3.63) is 102 Å². The average Bonchev–Trinajstić information content (AvgIpc) is 4.02. The highest BCUT2D eigenvalue weighted by Crippen LogP contribution is 2.32. The second-order valence-corrected chi connectivity index (χ2v) is 12.2. The summed E-state index contributed by atoms with van der Waals surface area (Å²) in [5.74, 6) is 2.01. The van der Waals surface area contributed by atoms with Gasteiger partial charge in [0, 0.05) is 11.8 Å². The van der Waals surface area contributed by atoms with Gasteiger partial charge < -0.3 is 15.4 Å². The number of hydrogen-bond donors (Lipinski definition) is 2. The highest BCUT2D eigenvalue weighted by Gasteiger charge is 2.31. The van der Waals surface area contributed by atoms with Crippen molar-refractivity contribution in [2.24, 2.45) is 11.8 Å². The Morgan fingerprint density at radius 3 is 1.98 bits per heavy atom. The molecule has 4 aromatic heterocycles. The molecule has 10 heteroatoms. The number of hydrogen-bond acceptors (Lipinski definition) is 6. The zero-order valence-electron chi connectivity index (χ0n) is 25.5. The van der Waals surface area contributed by atoms with E-state index in [1.165, 1.54) is 0 Å². The number of nitrogens with zero attached hydrogens (tertiary/aromatic N) is 5. The van der Waals surface area contributed by atoms with Crippen LogP contribution >= 0.6 is 0 Å². The molecule has 2 N–H and O–H groups in total. The van der Waals surface area contributed by atoms with Gasteiger partial charge in [-0.05, 0) is 96.5 Å². The first kappa shape index (κ1) is 28.5. The molecule has 232 valence electrons. The van der Waals surface area contributed by atoms with E-state index in [-0.39, 0.29) is 23.7 Å². The minimum Gasteiger partial charge on any atom is -0.489 e. The van der Waals surface area contributed by atoms with E-state index in [4.69, 9.17) is 15.0 Å². The topological polar surface area (TPSA) is 126 Å². The van der Waals surface area contributed by atoms with Gasteiger partial charge in [0.05, 0.1) is 36.3 Å². The Bertz CT molecular complexity index is 2180. The maximum absolute atomic E-state index is 12.4. The molecule has 0 aliphatic heterocycles. The first-order valence-corrected chi connectivity index (χ1v) is 15.8. The van der Waals surface area contributed by atoms with Crippen LogP contribution in [0.5, 0.6) is 5.75 Å². The van der Waals surface area contributed by atoms with Crippen LogP contribution in [0.1, 0.15) is 36.8 Å². The monoisotopic (exact) mass is 621 g/mol. The number of anilines is 2. The first-order valence-electron chi connectivity index (χ1n) is 15.8. The highest BCUT2D eigenvalue weighted by atomic mass is 16.5. The number of pyridine rings is 2. The maximum Gasteiger partial charge on any atom is 0.228 e. The van der Waals surface area contributed by atoms with Crippen LogP contribution in [0.4, 0.5) is 11.6 Å². The van der Waals surface area contributed by atoms with Crippen molar-refractivity contribution in [1.82, 2.24) is 18.8 Å². The average molecular weight is 622 g/mol. The lowest BCUT2D eigenvalue weighted by Crippen LogP contribution is -2.13. The molecule has 47 heavy (non-hydrogen) atoms. The van der Waals surface area contributed by atoms with Gasteiger partial charge in [-0.15, -0.1) is 0 Å². The SMILES string of the molecule is N#CCc1ccc(-c2cc(COc3ccc(-c4cccc5nc(NC(=O)C6CC6)cn45)cc3)cc3nc(NC(=O)C4CC4)cn23)cc1. The molecule has 2 amide bonds. The molecule has 0 unspecified atom stereocenters. The Kier molecular flexibility index (Phi) is 7.14. The van der Waals surface area contributed by atoms with Crippen LogP contribution < -0.4 is 15.4 Å². The minimum atomic E-state index is 0.00729. The molecule has 2 aliphatic carbocycles. The Labute approximate surface area is 270 Å². The number of carbonyl (C=O) groups is 2. The van der Waals surface area contributed by atoms with E-state index < -0.39 is 0 Å². The second kappa shape index (κ2) is 11.8. The molecule has 0 saturated heterocycles. The molecule has 2 aliphatic rings. The van der Waals surface area contributed by atoms with Gasteiger partial charge in [-0.1, -0.05) is 30.3 Å². The lowest BCUT2D eigenvalue weighted by Gasteiger charge is -2.12.